The highest BCUT2D eigenvalue weighted by atomic mass is 32.2. The molecule has 0 saturated carbocycles. The van der Waals surface area contributed by atoms with Crippen molar-refractivity contribution in [3.8, 4) is 11.4 Å². The number of nitrogens with zero attached hydrogens (tertiary/aromatic N) is 2. The molecule has 0 fully saturated rings. The van der Waals surface area contributed by atoms with Gasteiger partial charge in [0.25, 0.3) is 5.91 Å². The van der Waals surface area contributed by atoms with E-state index in [-0.39, 0.29) is 12.5 Å². The first-order valence-corrected chi connectivity index (χ1v) is 9.05. The van der Waals surface area contributed by atoms with Gasteiger partial charge < -0.3 is 9.84 Å². The highest BCUT2D eigenvalue weighted by Gasteiger charge is 2.13. The van der Waals surface area contributed by atoms with Crippen LogP contribution in [0.4, 0.5) is 0 Å². The van der Waals surface area contributed by atoms with Crippen molar-refractivity contribution in [2.24, 2.45) is 0 Å². The Hall–Kier alpha value is -2.60. The number of aromatic nitrogens is 2. The summed E-state index contributed by atoms with van der Waals surface area (Å²) in [6.45, 7) is 4.27. The molecule has 6 heteroatoms. The molecular weight excluding hydrogens is 334 g/mol. The lowest BCUT2D eigenvalue weighted by Gasteiger charge is -2.07. The number of aryl methyl sites for hydroxylation is 1. The van der Waals surface area contributed by atoms with Crippen LogP contribution in [0, 0.1) is 6.92 Å². The van der Waals surface area contributed by atoms with Crippen LogP contribution in [0.1, 0.15) is 28.7 Å². The molecule has 0 aliphatic rings. The maximum atomic E-state index is 12.4. The Morgan fingerprint density at radius 1 is 1.20 bits per heavy atom. The van der Waals surface area contributed by atoms with E-state index in [0.717, 1.165) is 21.8 Å². The SMILES string of the molecule is CCSc1ccccc1C(=O)NCc1nc(-c2cccc(C)c2)no1. The second-order valence-electron chi connectivity index (χ2n) is 5.49. The van der Waals surface area contributed by atoms with Gasteiger partial charge in [-0.1, -0.05) is 48.0 Å². The minimum absolute atomic E-state index is 0.146. The summed E-state index contributed by atoms with van der Waals surface area (Å²) in [7, 11) is 0. The van der Waals surface area contributed by atoms with Gasteiger partial charge in [-0.2, -0.15) is 4.98 Å². The Bertz CT molecular complexity index is 876. The van der Waals surface area contributed by atoms with Crippen LogP contribution < -0.4 is 5.32 Å². The molecule has 128 valence electrons. The fourth-order valence-corrected chi connectivity index (χ4v) is 3.22. The molecule has 0 atom stereocenters. The van der Waals surface area contributed by atoms with Crippen molar-refractivity contribution < 1.29 is 9.32 Å². The zero-order chi connectivity index (χ0) is 17.6. The van der Waals surface area contributed by atoms with Gasteiger partial charge in [0.2, 0.25) is 11.7 Å². The third-order valence-electron chi connectivity index (χ3n) is 3.58. The molecule has 0 aliphatic carbocycles. The number of nitrogens with one attached hydrogen (secondary N) is 1. The molecule has 3 aromatic rings. The Kier molecular flexibility index (Phi) is 5.50. The first-order valence-electron chi connectivity index (χ1n) is 8.07. The second kappa shape index (κ2) is 7.98. The summed E-state index contributed by atoms with van der Waals surface area (Å²) >= 11 is 1.64. The minimum atomic E-state index is -0.146. The number of carbonyl (C=O) groups is 1. The lowest BCUT2D eigenvalue weighted by atomic mass is 10.1. The number of rotatable bonds is 6. The summed E-state index contributed by atoms with van der Waals surface area (Å²) in [6.07, 6.45) is 0. The third kappa shape index (κ3) is 4.28. The van der Waals surface area contributed by atoms with Crippen LogP contribution in [-0.2, 0) is 6.54 Å². The van der Waals surface area contributed by atoms with Gasteiger partial charge in [0.15, 0.2) is 0 Å². The van der Waals surface area contributed by atoms with Crippen molar-refractivity contribution in [1.82, 2.24) is 15.5 Å². The van der Waals surface area contributed by atoms with Gasteiger partial charge in [-0.05, 0) is 30.9 Å². The van der Waals surface area contributed by atoms with Crippen molar-refractivity contribution in [3.05, 3.63) is 65.5 Å². The summed E-state index contributed by atoms with van der Waals surface area (Å²) in [5, 5.41) is 6.83. The van der Waals surface area contributed by atoms with Crippen LogP contribution in [0.2, 0.25) is 0 Å². The maximum absolute atomic E-state index is 12.4. The van der Waals surface area contributed by atoms with E-state index in [1.165, 1.54) is 0 Å². The number of amides is 1. The Morgan fingerprint density at radius 3 is 2.84 bits per heavy atom. The zero-order valence-corrected chi connectivity index (χ0v) is 15.0. The lowest BCUT2D eigenvalue weighted by Crippen LogP contribution is -2.23. The highest BCUT2D eigenvalue weighted by Crippen LogP contribution is 2.22. The number of hydrogen-bond acceptors (Lipinski definition) is 5. The molecule has 0 unspecified atom stereocenters. The van der Waals surface area contributed by atoms with Crippen LogP contribution in [-0.4, -0.2) is 21.8 Å². The quantitative estimate of drug-likeness (QED) is 0.676. The van der Waals surface area contributed by atoms with E-state index in [4.69, 9.17) is 4.52 Å². The van der Waals surface area contributed by atoms with Gasteiger partial charge in [-0.3, -0.25) is 4.79 Å². The summed E-state index contributed by atoms with van der Waals surface area (Å²) in [6, 6.07) is 15.4. The van der Waals surface area contributed by atoms with Gasteiger partial charge in [0.1, 0.15) is 0 Å². The fourth-order valence-electron chi connectivity index (χ4n) is 2.41. The van der Waals surface area contributed by atoms with E-state index in [1.807, 2.05) is 55.5 Å². The van der Waals surface area contributed by atoms with Crippen LogP contribution >= 0.6 is 11.8 Å². The molecule has 1 heterocycles. The van der Waals surface area contributed by atoms with Crippen molar-refractivity contribution in [2.75, 3.05) is 5.75 Å². The molecular formula is C19H19N3O2S. The van der Waals surface area contributed by atoms with Crippen LogP contribution in [0.15, 0.2) is 57.9 Å². The van der Waals surface area contributed by atoms with E-state index < -0.39 is 0 Å². The molecule has 3 rings (SSSR count). The smallest absolute Gasteiger partial charge is 0.252 e. The van der Waals surface area contributed by atoms with Gasteiger partial charge in [-0.15, -0.1) is 11.8 Å². The van der Waals surface area contributed by atoms with Crippen molar-refractivity contribution in [3.63, 3.8) is 0 Å². The zero-order valence-electron chi connectivity index (χ0n) is 14.2. The molecule has 5 nitrogen and oxygen atoms in total. The van der Waals surface area contributed by atoms with Gasteiger partial charge >= 0.3 is 0 Å². The fraction of sp³-hybridized carbons (Fsp3) is 0.211. The summed E-state index contributed by atoms with van der Waals surface area (Å²) in [4.78, 5) is 17.7. The van der Waals surface area contributed by atoms with Crippen LogP contribution in [0.5, 0.6) is 0 Å². The average Bonchev–Trinajstić information content (AvgIpc) is 3.09. The molecule has 2 aromatic carbocycles. The third-order valence-corrected chi connectivity index (χ3v) is 4.53. The molecule has 25 heavy (non-hydrogen) atoms. The van der Waals surface area contributed by atoms with Crippen molar-refractivity contribution in [2.45, 2.75) is 25.3 Å². The van der Waals surface area contributed by atoms with Gasteiger partial charge in [0.05, 0.1) is 12.1 Å². The van der Waals surface area contributed by atoms with E-state index in [1.54, 1.807) is 11.8 Å². The summed E-state index contributed by atoms with van der Waals surface area (Å²) in [5.74, 6) is 1.67. The minimum Gasteiger partial charge on any atom is -0.343 e. The van der Waals surface area contributed by atoms with E-state index in [2.05, 4.69) is 22.4 Å². The Morgan fingerprint density at radius 2 is 2.04 bits per heavy atom. The first kappa shape index (κ1) is 17.2. The molecule has 0 bridgehead atoms. The average molecular weight is 353 g/mol. The predicted molar refractivity (Wildman–Crippen MR) is 98.5 cm³/mol. The molecule has 0 spiro atoms. The molecule has 1 amide bonds. The van der Waals surface area contributed by atoms with Crippen LogP contribution in [0.3, 0.4) is 0 Å². The first-order chi connectivity index (χ1) is 12.2. The van der Waals surface area contributed by atoms with Gasteiger partial charge in [0, 0.05) is 10.5 Å². The standard InChI is InChI=1S/C19H19N3O2S/c1-3-25-16-10-5-4-9-15(16)19(23)20-12-17-21-18(22-24-17)14-8-6-7-13(2)11-14/h4-11H,3,12H2,1-2H3,(H,20,23). The molecule has 0 saturated heterocycles. The molecule has 1 aromatic heterocycles. The van der Waals surface area contributed by atoms with Crippen LogP contribution in [0.25, 0.3) is 11.4 Å². The number of hydrogen-bond donors (Lipinski definition) is 1. The number of thioether (sulfide) groups is 1. The number of carbonyl (C=O) groups excluding carboxylic acids is 1. The van der Waals surface area contributed by atoms with Crippen molar-refractivity contribution >= 4 is 17.7 Å². The monoisotopic (exact) mass is 353 g/mol. The topological polar surface area (TPSA) is 68.0 Å². The summed E-state index contributed by atoms with van der Waals surface area (Å²) in [5.41, 5.74) is 2.68. The Balaban J connectivity index is 1.67. The van der Waals surface area contributed by atoms with E-state index in [0.29, 0.717) is 17.3 Å². The molecule has 0 radical (unpaired) electrons. The second-order valence-corrected chi connectivity index (χ2v) is 6.80. The maximum Gasteiger partial charge on any atom is 0.252 e. The largest absolute Gasteiger partial charge is 0.343 e. The number of benzene rings is 2. The molecule has 0 aliphatic heterocycles. The predicted octanol–water partition coefficient (Wildman–Crippen LogP) is 4.09. The van der Waals surface area contributed by atoms with E-state index in [9.17, 15) is 4.79 Å². The van der Waals surface area contributed by atoms with Gasteiger partial charge in [-0.25, -0.2) is 0 Å². The lowest BCUT2D eigenvalue weighted by molar-refractivity contribution is 0.0943. The van der Waals surface area contributed by atoms with Crippen molar-refractivity contribution in [1.29, 1.82) is 0 Å². The Labute approximate surface area is 150 Å². The van der Waals surface area contributed by atoms with E-state index >= 15 is 0 Å². The normalized spacial score (nSPS) is 10.6. The molecule has 1 N–H and O–H groups in total. The highest BCUT2D eigenvalue weighted by molar-refractivity contribution is 7.99. The summed E-state index contributed by atoms with van der Waals surface area (Å²) < 4.78 is 5.24.